The molecule has 0 unspecified atom stereocenters. The molecule has 30 heavy (non-hydrogen) atoms. The van der Waals surface area contributed by atoms with Gasteiger partial charge in [-0.1, -0.05) is 24.3 Å². The van der Waals surface area contributed by atoms with E-state index in [1.807, 2.05) is 6.07 Å². The molecule has 0 radical (unpaired) electrons. The van der Waals surface area contributed by atoms with E-state index in [1.54, 1.807) is 31.2 Å². The van der Waals surface area contributed by atoms with Crippen molar-refractivity contribution in [3.63, 3.8) is 0 Å². The Kier molecular flexibility index (Phi) is 6.11. The van der Waals surface area contributed by atoms with Gasteiger partial charge in [-0.15, -0.1) is 0 Å². The van der Waals surface area contributed by atoms with Crippen LogP contribution in [-0.4, -0.2) is 23.3 Å². The Balaban J connectivity index is 1.61. The fraction of sp³-hybridized carbons (Fsp3) is 0.318. The van der Waals surface area contributed by atoms with Gasteiger partial charge in [0.05, 0.1) is 29.2 Å². The number of nitrogens with zero attached hydrogens (tertiary/aromatic N) is 2. The molecular formula is C22H20F3N3O2. The molecule has 2 aromatic rings. The van der Waals surface area contributed by atoms with Crippen LogP contribution in [0.15, 0.2) is 48.5 Å². The molecule has 0 aromatic heterocycles. The van der Waals surface area contributed by atoms with E-state index in [1.165, 1.54) is 17.0 Å². The number of amides is 2. The molecule has 0 aliphatic carbocycles. The topological polar surface area (TPSA) is 73.2 Å². The molecule has 1 saturated heterocycles. The lowest BCUT2D eigenvalue weighted by Gasteiger charge is -2.19. The molecular weight excluding hydrogens is 395 g/mol. The Morgan fingerprint density at radius 3 is 2.60 bits per heavy atom. The Labute approximate surface area is 172 Å². The highest BCUT2D eigenvalue weighted by Crippen LogP contribution is 2.30. The van der Waals surface area contributed by atoms with Gasteiger partial charge in [0.2, 0.25) is 11.8 Å². The van der Waals surface area contributed by atoms with Crippen molar-refractivity contribution in [1.82, 2.24) is 10.2 Å². The molecule has 8 heteroatoms. The number of carbonyl (C=O) groups is 2. The number of hydrogen-bond acceptors (Lipinski definition) is 3. The maximum absolute atomic E-state index is 12.9. The SMILES string of the molecule is C[C@@H](NC(=O)[C@@H]1CC(=O)N(Cc2cccc(C(F)(F)F)c2)C1)c1ccc(C#N)cc1. The van der Waals surface area contributed by atoms with Gasteiger partial charge in [-0.25, -0.2) is 0 Å². The molecule has 0 bridgehead atoms. The fourth-order valence-corrected chi connectivity index (χ4v) is 3.43. The zero-order valence-electron chi connectivity index (χ0n) is 16.2. The Bertz CT molecular complexity index is 980. The van der Waals surface area contributed by atoms with E-state index in [2.05, 4.69) is 5.32 Å². The first kappa shape index (κ1) is 21.4. The van der Waals surface area contributed by atoms with Gasteiger partial charge < -0.3 is 10.2 Å². The maximum atomic E-state index is 12.9. The van der Waals surface area contributed by atoms with E-state index >= 15 is 0 Å². The Morgan fingerprint density at radius 1 is 1.27 bits per heavy atom. The highest BCUT2D eigenvalue weighted by molar-refractivity contribution is 5.89. The Hall–Kier alpha value is -3.34. The molecule has 0 saturated carbocycles. The summed E-state index contributed by atoms with van der Waals surface area (Å²) >= 11 is 0. The van der Waals surface area contributed by atoms with Crippen LogP contribution in [0.4, 0.5) is 13.2 Å². The number of alkyl halides is 3. The smallest absolute Gasteiger partial charge is 0.349 e. The monoisotopic (exact) mass is 415 g/mol. The quantitative estimate of drug-likeness (QED) is 0.807. The van der Waals surface area contributed by atoms with Crippen molar-refractivity contribution < 1.29 is 22.8 Å². The second-order valence-electron chi connectivity index (χ2n) is 7.34. The molecule has 1 fully saturated rings. The lowest BCUT2D eigenvalue weighted by molar-refractivity contribution is -0.137. The van der Waals surface area contributed by atoms with Crippen LogP contribution in [0.25, 0.3) is 0 Å². The van der Waals surface area contributed by atoms with Gasteiger partial charge in [-0.3, -0.25) is 9.59 Å². The number of hydrogen-bond donors (Lipinski definition) is 1. The minimum atomic E-state index is -4.45. The summed E-state index contributed by atoms with van der Waals surface area (Å²) in [7, 11) is 0. The first-order valence-corrected chi connectivity index (χ1v) is 9.41. The highest BCUT2D eigenvalue weighted by Gasteiger charge is 2.35. The third-order valence-electron chi connectivity index (χ3n) is 5.11. The van der Waals surface area contributed by atoms with Crippen molar-refractivity contribution >= 4 is 11.8 Å². The summed E-state index contributed by atoms with van der Waals surface area (Å²) in [4.78, 5) is 26.3. The predicted molar refractivity (Wildman–Crippen MR) is 103 cm³/mol. The fourth-order valence-electron chi connectivity index (χ4n) is 3.43. The summed E-state index contributed by atoms with van der Waals surface area (Å²) < 4.78 is 38.6. The number of likely N-dealkylation sites (tertiary alicyclic amines) is 1. The van der Waals surface area contributed by atoms with Crippen LogP contribution < -0.4 is 5.32 Å². The van der Waals surface area contributed by atoms with E-state index in [0.29, 0.717) is 11.1 Å². The lowest BCUT2D eigenvalue weighted by atomic mass is 10.0. The lowest BCUT2D eigenvalue weighted by Crippen LogP contribution is -2.34. The molecule has 1 aliphatic heterocycles. The first-order chi connectivity index (χ1) is 14.2. The molecule has 2 aromatic carbocycles. The van der Waals surface area contributed by atoms with Crippen LogP contribution in [0.1, 0.15) is 41.6 Å². The van der Waals surface area contributed by atoms with E-state index in [4.69, 9.17) is 5.26 Å². The summed E-state index contributed by atoms with van der Waals surface area (Å²) in [5.74, 6) is -1.12. The van der Waals surface area contributed by atoms with Crippen LogP contribution in [0.3, 0.4) is 0 Å². The summed E-state index contributed by atoms with van der Waals surface area (Å²) in [5, 5.41) is 11.7. The summed E-state index contributed by atoms with van der Waals surface area (Å²) in [6.07, 6.45) is -4.43. The van der Waals surface area contributed by atoms with Crippen molar-refractivity contribution in [3.05, 3.63) is 70.8 Å². The maximum Gasteiger partial charge on any atom is 0.416 e. The molecule has 1 heterocycles. The van der Waals surface area contributed by atoms with Crippen molar-refractivity contribution in [2.45, 2.75) is 32.1 Å². The van der Waals surface area contributed by atoms with E-state index in [0.717, 1.165) is 17.7 Å². The van der Waals surface area contributed by atoms with Gasteiger partial charge in [0.25, 0.3) is 0 Å². The summed E-state index contributed by atoms with van der Waals surface area (Å²) in [5.41, 5.74) is 0.943. The largest absolute Gasteiger partial charge is 0.416 e. The van der Waals surface area contributed by atoms with Crippen molar-refractivity contribution in [2.75, 3.05) is 6.54 Å². The molecule has 1 aliphatic rings. The molecule has 5 nitrogen and oxygen atoms in total. The highest BCUT2D eigenvalue weighted by atomic mass is 19.4. The van der Waals surface area contributed by atoms with Crippen LogP contribution in [0.2, 0.25) is 0 Å². The van der Waals surface area contributed by atoms with Crippen LogP contribution in [0, 0.1) is 17.2 Å². The van der Waals surface area contributed by atoms with E-state index in [9.17, 15) is 22.8 Å². The second-order valence-corrected chi connectivity index (χ2v) is 7.34. The van der Waals surface area contributed by atoms with Crippen molar-refractivity contribution in [3.8, 4) is 6.07 Å². The van der Waals surface area contributed by atoms with Gasteiger partial charge >= 0.3 is 6.18 Å². The number of halogens is 3. The number of carbonyl (C=O) groups excluding carboxylic acids is 2. The third kappa shape index (κ3) is 4.98. The number of nitrogens with one attached hydrogen (secondary N) is 1. The second kappa shape index (κ2) is 8.57. The number of benzene rings is 2. The molecule has 2 amide bonds. The minimum Gasteiger partial charge on any atom is -0.349 e. The van der Waals surface area contributed by atoms with Crippen molar-refractivity contribution in [2.24, 2.45) is 5.92 Å². The normalized spacial score (nSPS) is 17.5. The zero-order chi connectivity index (χ0) is 21.9. The van der Waals surface area contributed by atoms with Crippen LogP contribution >= 0.6 is 0 Å². The van der Waals surface area contributed by atoms with Crippen molar-refractivity contribution in [1.29, 1.82) is 5.26 Å². The zero-order valence-corrected chi connectivity index (χ0v) is 16.2. The van der Waals surface area contributed by atoms with Gasteiger partial charge in [0.1, 0.15) is 0 Å². The van der Waals surface area contributed by atoms with Crippen LogP contribution in [0.5, 0.6) is 0 Å². The minimum absolute atomic E-state index is 0.0187. The average molecular weight is 415 g/mol. The van der Waals surface area contributed by atoms with E-state index < -0.39 is 17.7 Å². The van der Waals surface area contributed by atoms with Gasteiger partial charge in [-0.05, 0) is 42.3 Å². The molecule has 3 rings (SSSR count). The number of nitriles is 1. The first-order valence-electron chi connectivity index (χ1n) is 9.41. The standard InChI is InChI=1S/C22H20F3N3O2/c1-14(17-7-5-15(11-26)6-8-17)27-21(30)18-10-20(29)28(13-18)12-16-3-2-4-19(9-16)22(23,24)25/h2-9,14,18H,10,12-13H2,1H3,(H,27,30)/t14-,18-/m1/s1. The molecule has 156 valence electrons. The van der Waals surface area contributed by atoms with Crippen LogP contribution in [-0.2, 0) is 22.3 Å². The average Bonchev–Trinajstić information content (AvgIpc) is 3.08. The van der Waals surface area contributed by atoms with Gasteiger partial charge in [-0.2, -0.15) is 18.4 Å². The molecule has 0 spiro atoms. The summed E-state index contributed by atoms with van der Waals surface area (Å²) in [6.45, 7) is 1.98. The molecule has 2 atom stereocenters. The number of rotatable bonds is 5. The van der Waals surface area contributed by atoms with Gasteiger partial charge in [0, 0.05) is 19.5 Å². The predicted octanol–water partition coefficient (Wildman–Crippen LogP) is 3.80. The summed E-state index contributed by atoms with van der Waals surface area (Å²) in [6, 6.07) is 13.4. The Morgan fingerprint density at radius 2 is 1.97 bits per heavy atom. The molecule has 1 N–H and O–H groups in total. The third-order valence-corrected chi connectivity index (χ3v) is 5.11. The van der Waals surface area contributed by atoms with Gasteiger partial charge in [0.15, 0.2) is 0 Å². The van der Waals surface area contributed by atoms with E-state index in [-0.39, 0.29) is 37.4 Å².